The van der Waals surface area contributed by atoms with Crippen molar-refractivity contribution in [1.82, 2.24) is 10.6 Å². The van der Waals surface area contributed by atoms with E-state index in [0.29, 0.717) is 5.56 Å². The highest BCUT2D eigenvalue weighted by Crippen LogP contribution is 2.13. The second-order valence-corrected chi connectivity index (χ2v) is 6.00. The first kappa shape index (κ1) is 21.4. The van der Waals surface area contributed by atoms with Crippen LogP contribution < -0.4 is 10.6 Å². The molecule has 2 aromatic rings. The van der Waals surface area contributed by atoms with Gasteiger partial charge in [-0.15, -0.1) is 0 Å². The molecule has 10 heteroatoms. The Morgan fingerprint density at radius 3 is 2.28 bits per heavy atom. The number of benzene rings is 2. The number of rotatable bonds is 9. The number of carboxylic acids is 1. The van der Waals surface area contributed by atoms with Gasteiger partial charge in [0.25, 0.3) is 5.69 Å². The van der Waals surface area contributed by atoms with E-state index in [4.69, 9.17) is 4.74 Å². The maximum absolute atomic E-state index is 11.9. The molecule has 2 amide bonds. The summed E-state index contributed by atoms with van der Waals surface area (Å²) in [7, 11) is 0. The summed E-state index contributed by atoms with van der Waals surface area (Å²) in [4.78, 5) is 45.0. The molecule has 0 fully saturated rings. The minimum absolute atomic E-state index is 0.0339. The number of non-ortho nitro benzene ring substituents is 1. The third kappa shape index (κ3) is 7.29. The van der Waals surface area contributed by atoms with E-state index in [1.54, 1.807) is 24.3 Å². The Kier molecular flexibility index (Phi) is 7.66. The van der Waals surface area contributed by atoms with Crippen LogP contribution in [0, 0.1) is 10.1 Å². The first-order valence-electron chi connectivity index (χ1n) is 8.55. The van der Waals surface area contributed by atoms with E-state index in [0.717, 1.165) is 5.56 Å². The molecule has 10 nitrogen and oxygen atoms in total. The minimum atomic E-state index is -1.27. The van der Waals surface area contributed by atoms with Crippen LogP contribution in [0.1, 0.15) is 11.1 Å². The molecular weight excluding hydrogens is 382 g/mol. The Morgan fingerprint density at radius 1 is 1.03 bits per heavy atom. The first-order valence-corrected chi connectivity index (χ1v) is 8.55. The van der Waals surface area contributed by atoms with Gasteiger partial charge in [-0.05, 0) is 11.1 Å². The van der Waals surface area contributed by atoms with Gasteiger partial charge in [0.1, 0.15) is 19.2 Å². The van der Waals surface area contributed by atoms with Crippen molar-refractivity contribution in [3.63, 3.8) is 0 Å². The molecule has 2 aromatic carbocycles. The van der Waals surface area contributed by atoms with E-state index in [2.05, 4.69) is 10.6 Å². The summed E-state index contributed by atoms with van der Waals surface area (Å²) in [6, 6.07) is 13.0. The minimum Gasteiger partial charge on any atom is -0.480 e. The predicted molar refractivity (Wildman–Crippen MR) is 101 cm³/mol. The fraction of sp³-hybridized carbons (Fsp3) is 0.211. The molecule has 0 heterocycles. The predicted octanol–water partition coefficient (Wildman–Crippen LogP) is 1.63. The summed E-state index contributed by atoms with van der Waals surface area (Å²) >= 11 is 0. The molecule has 29 heavy (non-hydrogen) atoms. The van der Waals surface area contributed by atoms with Crippen LogP contribution >= 0.6 is 0 Å². The summed E-state index contributed by atoms with van der Waals surface area (Å²) in [5, 5.41) is 24.5. The molecule has 0 aliphatic rings. The number of carbonyl (C=O) groups is 3. The standard InChI is InChI=1S/C19H19N3O7/c23-17(11-20-19(26)29-12-14-4-2-1-3-5-14)21-16(18(24)25)10-13-6-8-15(9-7-13)22(27)28/h1-9,16H,10-12H2,(H,20,26)(H,21,23)(H,24,25)/t16-/m1/s1. The molecule has 0 spiro atoms. The number of carbonyl (C=O) groups excluding carboxylic acids is 2. The van der Waals surface area contributed by atoms with Crippen LogP contribution in [-0.4, -0.2) is 40.6 Å². The molecule has 152 valence electrons. The zero-order chi connectivity index (χ0) is 21.2. The van der Waals surface area contributed by atoms with E-state index in [9.17, 15) is 29.6 Å². The normalized spacial score (nSPS) is 11.2. The Morgan fingerprint density at radius 2 is 1.69 bits per heavy atom. The highest BCUT2D eigenvalue weighted by Gasteiger charge is 2.21. The number of aliphatic carboxylic acids is 1. The van der Waals surface area contributed by atoms with Crippen LogP contribution in [0.2, 0.25) is 0 Å². The van der Waals surface area contributed by atoms with E-state index in [1.807, 2.05) is 6.07 Å². The molecular formula is C19H19N3O7. The Labute approximate surface area is 165 Å². The zero-order valence-corrected chi connectivity index (χ0v) is 15.2. The number of alkyl carbamates (subject to hydrolysis) is 1. The Hall–Kier alpha value is -3.95. The van der Waals surface area contributed by atoms with E-state index in [1.165, 1.54) is 24.3 Å². The topological polar surface area (TPSA) is 148 Å². The van der Waals surface area contributed by atoms with Gasteiger partial charge in [-0.2, -0.15) is 0 Å². The number of nitro benzene ring substituents is 1. The third-order valence-electron chi connectivity index (χ3n) is 3.83. The number of nitro groups is 1. The fourth-order valence-electron chi connectivity index (χ4n) is 2.36. The average Bonchev–Trinajstić information content (AvgIpc) is 2.71. The molecule has 2 rings (SSSR count). The number of amides is 2. The van der Waals surface area contributed by atoms with Crippen LogP contribution in [0.15, 0.2) is 54.6 Å². The fourth-order valence-corrected chi connectivity index (χ4v) is 2.36. The highest BCUT2D eigenvalue weighted by atomic mass is 16.6. The van der Waals surface area contributed by atoms with Crippen molar-refractivity contribution < 1.29 is 29.2 Å². The van der Waals surface area contributed by atoms with Gasteiger partial charge in [0, 0.05) is 18.6 Å². The summed E-state index contributed by atoms with van der Waals surface area (Å²) in [5.41, 5.74) is 1.16. The van der Waals surface area contributed by atoms with E-state index in [-0.39, 0.29) is 18.7 Å². The molecule has 0 saturated heterocycles. The summed E-state index contributed by atoms with van der Waals surface area (Å²) in [6.07, 6.45) is -0.886. The Bertz CT molecular complexity index is 869. The van der Waals surface area contributed by atoms with Crippen LogP contribution in [0.25, 0.3) is 0 Å². The van der Waals surface area contributed by atoms with Gasteiger partial charge in [0.15, 0.2) is 0 Å². The Balaban J connectivity index is 1.80. The zero-order valence-electron chi connectivity index (χ0n) is 15.2. The lowest BCUT2D eigenvalue weighted by atomic mass is 10.1. The molecule has 0 aromatic heterocycles. The smallest absolute Gasteiger partial charge is 0.407 e. The molecule has 0 aliphatic heterocycles. The van der Waals surface area contributed by atoms with E-state index < -0.39 is 35.5 Å². The molecule has 0 saturated carbocycles. The number of carboxylic acid groups (broad SMARTS) is 1. The first-order chi connectivity index (χ1) is 13.8. The quantitative estimate of drug-likeness (QED) is 0.427. The van der Waals surface area contributed by atoms with E-state index >= 15 is 0 Å². The van der Waals surface area contributed by atoms with Crippen LogP contribution in [0.5, 0.6) is 0 Å². The van der Waals surface area contributed by atoms with Gasteiger partial charge in [-0.1, -0.05) is 42.5 Å². The van der Waals surface area contributed by atoms with Crippen molar-refractivity contribution in [1.29, 1.82) is 0 Å². The molecule has 3 N–H and O–H groups in total. The lowest BCUT2D eigenvalue weighted by molar-refractivity contribution is -0.384. The van der Waals surface area contributed by atoms with Crippen LogP contribution in [-0.2, 0) is 27.4 Å². The SMILES string of the molecule is O=C(CNC(=O)OCc1ccccc1)N[C@H](Cc1ccc([N+](=O)[O-])cc1)C(=O)O. The number of nitrogens with zero attached hydrogens (tertiary/aromatic N) is 1. The van der Waals surface area contributed by atoms with Gasteiger partial charge in [0.2, 0.25) is 5.91 Å². The van der Waals surface area contributed by atoms with Crippen molar-refractivity contribution in [2.45, 2.75) is 19.1 Å². The van der Waals surface area contributed by atoms with Crippen LogP contribution in [0.4, 0.5) is 10.5 Å². The summed E-state index contributed by atoms with van der Waals surface area (Å²) in [6.45, 7) is -0.427. The molecule has 0 aliphatic carbocycles. The van der Waals surface area contributed by atoms with Gasteiger partial charge in [0.05, 0.1) is 4.92 Å². The van der Waals surface area contributed by atoms with Gasteiger partial charge < -0.3 is 20.5 Å². The maximum atomic E-state index is 11.9. The number of hydrogen-bond acceptors (Lipinski definition) is 6. The lowest BCUT2D eigenvalue weighted by Gasteiger charge is -2.15. The van der Waals surface area contributed by atoms with Crippen molar-refractivity contribution in [2.75, 3.05) is 6.54 Å². The largest absolute Gasteiger partial charge is 0.480 e. The molecule has 1 atom stereocenters. The summed E-state index contributed by atoms with van der Waals surface area (Å²) < 4.78 is 4.96. The van der Waals surface area contributed by atoms with Gasteiger partial charge in [-0.25, -0.2) is 9.59 Å². The van der Waals surface area contributed by atoms with Crippen LogP contribution in [0.3, 0.4) is 0 Å². The average molecular weight is 401 g/mol. The number of nitrogens with one attached hydrogen (secondary N) is 2. The number of hydrogen-bond donors (Lipinski definition) is 3. The monoisotopic (exact) mass is 401 g/mol. The van der Waals surface area contributed by atoms with Crippen molar-refractivity contribution in [3.05, 3.63) is 75.8 Å². The molecule has 0 bridgehead atoms. The summed E-state index contributed by atoms with van der Waals surface area (Å²) in [5.74, 6) is -1.99. The van der Waals surface area contributed by atoms with Gasteiger partial charge in [-0.3, -0.25) is 14.9 Å². The van der Waals surface area contributed by atoms with Crippen molar-refractivity contribution in [3.8, 4) is 0 Å². The van der Waals surface area contributed by atoms with Crippen molar-refractivity contribution in [2.24, 2.45) is 0 Å². The molecule has 0 radical (unpaired) electrons. The van der Waals surface area contributed by atoms with Crippen molar-refractivity contribution >= 4 is 23.7 Å². The maximum Gasteiger partial charge on any atom is 0.407 e. The second kappa shape index (κ2) is 10.4. The lowest BCUT2D eigenvalue weighted by Crippen LogP contribution is -2.46. The van der Waals surface area contributed by atoms with Gasteiger partial charge >= 0.3 is 12.1 Å². The number of ether oxygens (including phenoxy) is 1. The third-order valence-corrected chi connectivity index (χ3v) is 3.83. The molecule has 0 unspecified atom stereocenters. The highest BCUT2D eigenvalue weighted by molar-refractivity contribution is 5.86. The second-order valence-electron chi connectivity index (χ2n) is 6.00.